The van der Waals surface area contributed by atoms with Crippen molar-refractivity contribution in [3.8, 4) is 29.1 Å². The van der Waals surface area contributed by atoms with E-state index in [-0.39, 0.29) is 6.54 Å². The van der Waals surface area contributed by atoms with E-state index in [0.29, 0.717) is 23.7 Å². The SMILES string of the molecule is COc1ccc(Cn2cnc(C(F)(F)F)c(Oc3cc(C(F)F)cc(C#N)c3OC)c2=O)cc1. The highest BCUT2D eigenvalue weighted by molar-refractivity contribution is 5.56. The molecule has 0 N–H and O–H groups in total. The Morgan fingerprint density at radius 1 is 1.09 bits per heavy atom. The van der Waals surface area contributed by atoms with E-state index in [1.54, 1.807) is 30.3 Å². The Kier molecular flexibility index (Phi) is 7.05. The Morgan fingerprint density at radius 2 is 1.76 bits per heavy atom. The van der Waals surface area contributed by atoms with Crippen LogP contribution in [0.15, 0.2) is 47.5 Å². The topological polar surface area (TPSA) is 86.4 Å². The minimum Gasteiger partial charge on any atom is -0.497 e. The van der Waals surface area contributed by atoms with Crippen LogP contribution in [-0.4, -0.2) is 23.8 Å². The van der Waals surface area contributed by atoms with E-state index >= 15 is 0 Å². The van der Waals surface area contributed by atoms with Gasteiger partial charge < -0.3 is 14.2 Å². The highest BCUT2D eigenvalue weighted by atomic mass is 19.4. The molecule has 0 aliphatic carbocycles. The van der Waals surface area contributed by atoms with Crippen LogP contribution in [0.4, 0.5) is 22.0 Å². The molecule has 0 atom stereocenters. The summed E-state index contributed by atoms with van der Waals surface area (Å²) in [4.78, 5) is 16.3. The molecule has 0 spiro atoms. The van der Waals surface area contributed by atoms with Crippen molar-refractivity contribution in [3.63, 3.8) is 0 Å². The molecule has 3 rings (SSSR count). The van der Waals surface area contributed by atoms with E-state index in [1.165, 1.54) is 7.11 Å². The van der Waals surface area contributed by atoms with Crippen molar-refractivity contribution in [2.24, 2.45) is 0 Å². The summed E-state index contributed by atoms with van der Waals surface area (Å²) < 4.78 is 83.4. The van der Waals surface area contributed by atoms with Crippen molar-refractivity contribution in [1.82, 2.24) is 9.55 Å². The van der Waals surface area contributed by atoms with Crippen LogP contribution in [0.2, 0.25) is 0 Å². The Bertz CT molecular complexity index is 1280. The van der Waals surface area contributed by atoms with Crippen LogP contribution in [0, 0.1) is 11.3 Å². The number of hydrogen-bond donors (Lipinski definition) is 0. The zero-order valence-corrected chi connectivity index (χ0v) is 17.7. The van der Waals surface area contributed by atoms with E-state index in [2.05, 4.69) is 4.98 Å². The maximum absolute atomic E-state index is 13.6. The molecule has 0 fully saturated rings. The molecule has 34 heavy (non-hydrogen) atoms. The molecule has 0 amide bonds. The number of aromatic nitrogens is 2. The number of hydrogen-bond acceptors (Lipinski definition) is 6. The third kappa shape index (κ3) is 5.09. The molecule has 0 saturated heterocycles. The van der Waals surface area contributed by atoms with Gasteiger partial charge in [0.15, 0.2) is 17.2 Å². The largest absolute Gasteiger partial charge is 0.497 e. The standard InChI is InChI=1S/C22H16F5N3O4/c1-32-15-5-3-12(4-6-15)10-30-11-29-19(22(25,26)27)18(21(30)31)34-16-8-13(20(23)24)7-14(9-28)17(16)33-2/h3-8,11,20H,10H2,1-2H3. The summed E-state index contributed by atoms with van der Waals surface area (Å²) in [6.45, 7) is -0.165. The van der Waals surface area contributed by atoms with Crippen molar-refractivity contribution in [2.75, 3.05) is 14.2 Å². The van der Waals surface area contributed by atoms with Gasteiger partial charge in [-0.15, -0.1) is 0 Å². The third-order valence-corrected chi connectivity index (χ3v) is 4.64. The molecule has 0 aliphatic heterocycles. The van der Waals surface area contributed by atoms with Crippen LogP contribution in [0.5, 0.6) is 23.0 Å². The van der Waals surface area contributed by atoms with Gasteiger partial charge in [0.1, 0.15) is 11.8 Å². The molecule has 2 aromatic carbocycles. The maximum atomic E-state index is 13.6. The summed E-state index contributed by atoms with van der Waals surface area (Å²) in [5.74, 6) is -1.80. The van der Waals surface area contributed by atoms with Gasteiger partial charge in [0.05, 0.1) is 32.7 Å². The summed E-state index contributed by atoms with van der Waals surface area (Å²) in [7, 11) is 2.53. The first kappa shape index (κ1) is 24.5. The summed E-state index contributed by atoms with van der Waals surface area (Å²) in [6.07, 6.45) is -7.46. The van der Waals surface area contributed by atoms with Crippen molar-refractivity contribution >= 4 is 0 Å². The molecule has 0 unspecified atom stereocenters. The Hall–Kier alpha value is -4.14. The number of halogens is 5. The average molecular weight is 481 g/mol. The second kappa shape index (κ2) is 9.78. The highest BCUT2D eigenvalue weighted by Gasteiger charge is 2.39. The van der Waals surface area contributed by atoms with E-state index in [4.69, 9.17) is 14.2 Å². The lowest BCUT2D eigenvalue weighted by Crippen LogP contribution is -2.26. The molecule has 0 aliphatic rings. The smallest absolute Gasteiger partial charge is 0.437 e. The molecule has 0 bridgehead atoms. The zero-order chi connectivity index (χ0) is 25.0. The maximum Gasteiger partial charge on any atom is 0.437 e. The first-order chi connectivity index (χ1) is 16.1. The number of alkyl halides is 5. The molecule has 1 heterocycles. The van der Waals surface area contributed by atoms with Crippen LogP contribution in [-0.2, 0) is 12.7 Å². The Morgan fingerprint density at radius 3 is 2.29 bits per heavy atom. The number of benzene rings is 2. The van der Waals surface area contributed by atoms with Gasteiger partial charge in [0.2, 0.25) is 5.75 Å². The van der Waals surface area contributed by atoms with Crippen LogP contribution in [0.3, 0.4) is 0 Å². The number of nitrogens with zero attached hydrogens (tertiary/aromatic N) is 3. The second-order valence-corrected chi connectivity index (χ2v) is 6.82. The number of methoxy groups -OCH3 is 2. The van der Waals surface area contributed by atoms with E-state index in [0.717, 1.165) is 17.7 Å². The number of rotatable bonds is 7. The van der Waals surface area contributed by atoms with Crippen LogP contribution in [0.25, 0.3) is 0 Å². The number of nitriles is 1. The minimum atomic E-state index is -5.10. The summed E-state index contributed by atoms with van der Waals surface area (Å²) in [6, 6.07) is 9.51. The monoisotopic (exact) mass is 481 g/mol. The van der Waals surface area contributed by atoms with Crippen molar-refractivity contribution in [1.29, 1.82) is 5.26 Å². The molecular formula is C22H16F5N3O4. The summed E-state index contributed by atoms with van der Waals surface area (Å²) >= 11 is 0. The van der Waals surface area contributed by atoms with Gasteiger partial charge in [0, 0.05) is 5.56 Å². The summed E-state index contributed by atoms with van der Waals surface area (Å²) in [5.41, 5.74) is -3.46. The average Bonchev–Trinajstić information content (AvgIpc) is 2.80. The van der Waals surface area contributed by atoms with Gasteiger partial charge in [-0.1, -0.05) is 12.1 Å². The van der Waals surface area contributed by atoms with E-state index in [9.17, 15) is 32.0 Å². The third-order valence-electron chi connectivity index (χ3n) is 4.64. The molecule has 3 aromatic rings. The lowest BCUT2D eigenvalue weighted by molar-refractivity contribution is -0.142. The zero-order valence-electron chi connectivity index (χ0n) is 17.7. The molecule has 7 nitrogen and oxygen atoms in total. The second-order valence-electron chi connectivity index (χ2n) is 6.82. The molecule has 0 radical (unpaired) electrons. The highest BCUT2D eigenvalue weighted by Crippen LogP contribution is 2.40. The van der Waals surface area contributed by atoms with Crippen LogP contribution >= 0.6 is 0 Å². The fourth-order valence-electron chi connectivity index (χ4n) is 3.03. The van der Waals surface area contributed by atoms with Crippen molar-refractivity contribution in [3.05, 3.63) is 75.5 Å². The molecule has 12 heteroatoms. The van der Waals surface area contributed by atoms with Gasteiger partial charge in [0.25, 0.3) is 12.0 Å². The van der Waals surface area contributed by atoms with Gasteiger partial charge in [-0.05, 0) is 29.8 Å². The summed E-state index contributed by atoms with van der Waals surface area (Å²) in [5, 5.41) is 9.23. The van der Waals surface area contributed by atoms with Gasteiger partial charge in [-0.3, -0.25) is 9.36 Å². The molecule has 0 saturated carbocycles. The van der Waals surface area contributed by atoms with Crippen molar-refractivity contribution < 1.29 is 36.2 Å². The molecular weight excluding hydrogens is 465 g/mol. The van der Waals surface area contributed by atoms with E-state index in [1.807, 2.05) is 0 Å². The van der Waals surface area contributed by atoms with Gasteiger partial charge in [-0.2, -0.15) is 18.4 Å². The number of ether oxygens (including phenoxy) is 3. The predicted molar refractivity (Wildman–Crippen MR) is 108 cm³/mol. The fraction of sp³-hybridized carbons (Fsp3) is 0.227. The Balaban J connectivity index is 2.15. The quantitative estimate of drug-likeness (QED) is 0.445. The van der Waals surface area contributed by atoms with Crippen molar-refractivity contribution in [2.45, 2.75) is 19.1 Å². The van der Waals surface area contributed by atoms with Gasteiger partial charge in [-0.25, -0.2) is 13.8 Å². The lowest BCUT2D eigenvalue weighted by Gasteiger charge is -2.17. The molecule has 1 aromatic heterocycles. The van der Waals surface area contributed by atoms with Crippen LogP contribution < -0.4 is 19.8 Å². The predicted octanol–water partition coefficient (Wildman–Crippen LogP) is 4.93. The van der Waals surface area contributed by atoms with Crippen LogP contribution in [0.1, 0.15) is 28.8 Å². The lowest BCUT2D eigenvalue weighted by atomic mass is 10.1. The Labute approximate surface area is 189 Å². The first-order valence-electron chi connectivity index (χ1n) is 9.46. The normalized spacial score (nSPS) is 11.3. The first-order valence-corrected chi connectivity index (χ1v) is 9.46. The van der Waals surface area contributed by atoms with Gasteiger partial charge >= 0.3 is 6.18 Å². The fourth-order valence-corrected chi connectivity index (χ4v) is 3.03. The minimum absolute atomic E-state index is 0.165. The van der Waals surface area contributed by atoms with E-state index < -0.39 is 52.2 Å². The molecule has 178 valence electrons.